The third-order valence-electron chi connectivity index (χ3n) is 4.70. The predicted octanol–water partition coefficient (Wildman–Crippen LogP) is 1.55. The molecule has 1 aromatic rings. The maximum atomic E-state index is 12.0. The summed E-state index contributed by atoms with van der Waals surface area (Å²) in [7, 11) is 0. The average molecular weight is 331 g/mol. The van der Waals surface area contributed by atoms with Gasteiger partial charge in [-0.3, -0.25) is 14.5 Å². The largest absolute Gasteiger partial charge is 0.484 e. The Morgan fingerprint density at radius 1 is 1.33 bits per heavy atom. The molecule has 0 radical (unpaired) electrons. The summed E-state index contributed by atoms with van der Waals surface area (Å²) in [6, 6.07) is 5.87. The number of fused-ring (bicyclic) bond motifs is 1. The van der Waals surface area contributed by atoms with Gasteiger partial charge < -0.3 is 15.4 Å². The minimum Gasteiger partial charge on any atom is -0.484 e. The molecule has 2 N–H and O–H groups in total. The Bertz CT molecular complexity index is 612. The van der Waals surface area contributed by atoms with E-state index in [0.29, 0.717) is 31.2 Å². The van der Waals surface area contributed by atoms with Gasteiger partial charge in [0.1, 0.15) is 5.75 Å². The number of ether oxygens (including phenoxy) is 1. The molecule has 0 bridgehead atoms. The van der Waals surface area contributed by atoms with Crippen LogP contribution < -0.4 is 15.4 Å². The topological polar surface area (TPSA) is 70.7 Å². The van der Waals surface area contributed by atoms with Gasteiger partial charge in [-0.1, -0.05) is 0 Å². The Morgan fingerprint density at radius 3 is 2.92 bits per heavy atom. The summed E-state index contributed by atoms with van der Waals surface area (Å²) in [6.45, 7) is 5.05. The zero-order valence-corrected chi connectivity index (χ0v) is 14.1. The van der Waals surface area contributed by atoms with Crippen LogP contribution in [0.4, 0.5) is 5.69 Å². The van der Waals surface area contributed by atoms with Crippen molar-refractivity contribution in [2.75, 3.05) is 31.6 Å². The van der Waals surface area contributed by atoms with E-state index in [1.807, 2.05) is 12.1 Å². The first-order chi connectivity index (χ1) is 11.6. The van der Waals surface area contributed by atoms with Crippen molar-refractivity contribution < 1.29 is 14.3 Å². The number of nitrogens with one attached hydrogen (secondary N) is 2. The molecule has 1 fully saturated rings. The van der Waals surface area contributed by atoms with Crippen molar-refractivity contribution in [1.29, 1.82) is 0 Å². The van der Waals surface area contributed by atoms with Crippen molar-refractivity contribution in [2.45, 2.75) is 38.6 Å². The molecule has 6 nitrogen and oxygen atoms in total. The number of carbonyl (C=O) groups is 2. The fourth-order valence-corrected chi connectivity index (χ4v) is 3.22. The van der Waals surface area contributed by atoms with E-state index in [2.05, 4.69) is 22.5 Å². The molecule has 2 aliphatic heterocycles. The molecular formula is C18H25N3O3. The van der Waals surface area contributed by atoms with Crippen LogP contribution in [-0.4, -0.2) is 49.0 Å². The Morgan fingerprint density at radius 2 is 2.12 bits per heavy atom. The molecule has 0 unspecified atom stereocenters. The standard InChI is InChI=1S/C18H25N3O3/c1-13(21-8-2-3-9-21)11-19-18(23)12-24-15-5-6-16-14(10-15)4-7-17(22)20-16/h5-6,10,13H,2-4,7-9,11-12H2,1H3,(H,19,23)(H,20,22)/t13-/m0/s1. The van der Waals surface area contributed by atoms with E-state index in [1.54, 1.807) is 6.07 Å². The van der Waals surface area contributed by atoms with Crippen LogP contribution in [0.15, 0.2) is 18.2 Å². The van der Waals surface area contributed by atoms with Gasteiger partial charge in [0.05, 0.1) is 0 Å². The van der Waals surface area contributed by atoms with E-state index >= 15 is 0 Å². The van der Waals surface area contributed by atoms with Gasteiger partial charge in [0.2, 0.25) is 5.91 Å². The van der Waals surface area contributed by atoms with Crippen LogP contribution in [0.25, 0.3) is 0 Å². The van der Waals surface area contributed by atoms with Crippen molar-refractivity contribution in [1.82, 2.24) is 10.2 Å². The molecule has 2 aliphatic rings. The van der Waals surface area contributed by atoms with Crippen molar-refractivity contribution in [3.63, 3.8) is 0 Å². The summed E-state index contributed by atoms with van der Waals surface area (Å²) < 4.78 is 5.58. The molecule has 130 valence electrons. The van der Waals surface area contributed by atoms with E-state index in [9.17, 15) is 9.59 Å². The maximum Gasteiger partial charge on any atom is 0.257 e. The summed E-state index contributed by atoms with van der Waals surface area (Å²) >= 11 is 0. The molecule has 6 heteroatoms. The molecule has 1 atom stereocenters. The molecule has 2 amide bonds. The summed E-state index contributed by atoms with van der Waals surface area (Å²) in [5, 5.41) is 5.77. The number of hydrogen-bond acceptors (Lipinski definition) is 4. The molecule has 0 saturated carbocycles. The fourth-order valence-electron chi connectivity index (χ4n) is 3.22. The average Bonchev–Trinajstić information content (AvgIpc) is 3.12. The molecule has 2 heterocycles. The molecule has 0 aliphatic carbocycles. The number of hydrogen-bond donors (Lipinski definition) is 2. The molecule has 0 spiro atoms. The van der Waals surface area contributed by atoms with Gasteiger partial charge in [-0.25, -0.2) is 0 Å². The maximum absolute atomic E-state index is 12.0. The van der Waals surface area contributed by atoms with E-state index in [1.165, 1.54) is 12.8 Å². The third kappa shape index (κ3) is 4.26. The van der Waals surface area contributed by atoms with E-state index in [0.717, 1.165) is 24.3 Å². The van der Waals surface area contributed by atoms with Crippen LogP contribution in [0.5, 0.6) is 5.75 Å². The van der Waals surface area contributed by atoms with Crippen LogP contribution in [0, 0.1) is 0 Å². The highest BCUT2D eigenvalue weighted by atomic mass is 16.5. The van der Waals surface area contributed by atoms with E-state index < -0.39 is 0 Å². The second kappa shape index (κ2) is 7.66. The number of carbonyl (C=O) groups excluding carboxylic acids is 2. The first-order valence-corrected chi connectivity index (χ1v) is 8.68. The predicted molar refractivity (Wildman–Crippen MR) is 92.2 cm³/mol. The number of likely N-dealkylation sites (tertiary alicyclic amines) is 1. The van der Waals surface area contributed by atoms with E-state index in [-0.39, 0.29) is 18.4 Å². The number of rotatable bonds is 6. The summed E-state index contributed by atoms with van der Waals surface area (Å²) in [5.41, 5.74) is 1.89. The van der Waals surface area contributed by atoms with Crippen LogP contribution in [0.2, 0.25) is 0 Å². The van der Waals surface area contributed by atoms with Crippen molar-refractivity contribution in [2.24, 2.45) is 0 Å². The number of amides is 2. The smallest absolute Gasteiger partial charge is 0.257 e. The van der Waals surface area contributed by atoms with Gasteiger partial charge in [-0.2, -0.15) is 0 Å². The number of nitrogens with zero attached hydrogens (tertiary/aromatic N) is 1. The Balaban J connectivity index is 1.43. The molecule has 1 saturated heterocycles. The Labute approximate surface area is 142 Å². The Hall–Kier alpha value is -2.08. The van der Waals surface area contributed by atoms with Crippen LogP contribution in [0.3, 0.4) is 0 Å². The van der Waals surface area contributed by atoms with Crippen molar-refractivity contribution >= 4 is 17.5 Å². The van der Waals surface area contributed by atoms with Gasteiger partial charge in [-0.05, 0) is 63.0 Å². The lowest BCUT2D eigenvalue weighted by atomic mass is 10.0. The fraction of sp³-hybridized carbons (Fsp3) is 0.556. The molecule has 1 aromatic carbocycles. The van der Waals surface area contributed by atoms with Gasteiger partial charge in [0.25, 0.3) is 5.91 Å². The van der Waals surface area contributed by atoms with Crippen LogP contribution in [-0.2, 0) is 16.0 Å². The monoisotopic (exact) mass is 331 g/mol. The van der Waals surface area contributed by atoms with Gasteiger partial charge in [-0.15, -0.1) is 0 Å². The lowest BCUT2D eigenvalue weighted by Gasteiger charge is -2.23. The number of aryl methyl sites for hydroxylation is 1. The highest BCUT2D eigenvalue weighted by Crippen LogP contribution is 2.26. The van der Waals surface area contributed by atoms with Crippen molar-refractivity contribution in [3.05, 3.63) is 23.8 Å². The number of anilines is 1. The quantitative estimate of drug-likeness (QED) is 0.830. The lowest BCUT2D eigenvalue weighted by molar-refractivity contribution is -0.123. The second-order valence-electron chi connectivity index (χ2n) is 6.55. The minimum absolute atomic E-state index is 0.0118. The van der Waals surface area contributed by atoms with Crippen LogP contribution in [0.1, 0.15) is 31.7 Å². The van der Waals surface area contributed by atoms with Gasteiger partial charge in [0.15, 0.2) is 6.61 Å². The SMILES string of the molecule is C[C@@H](CNC(=O)COc1ccc2c(c1)CCC(=O)N2)N1CCCC1. The lowest BCUT2D eigenvalue weighted by Crippen LogP contribution is -2.42. The Kier molecular flexibility index (Phi) is 5.35. The molecule has 24 heavy (non-hydrogen) atoms. The first-order valence-electron chi connectivity index (χ1n) is 8.68. The second-order valence-corrected chi connectivity index (χ2v) is 6.55. The minimum atomic E-state index is -0.105. The zero-order valence-electron chi connectivity index (χ0n) is 14.1. The summed E-state index contributed by atoms with van der Waals surface area (Å²) in [4.78, 5) is 25.7. The first kappa shape index (κ1) is 16.8. The number of benzene rings is 1. The molecule has 0 aromatic heterocycles. The third-order valence-corrected chi connectivity index (χ3v) is 4.70. The normalized spacial score (nSPS) is 18.6. The van der Waals surface area contributed by atoms with E-state index in [4.69, 9.17) is 4.74 Å². The summed E-state index contributed by atoms with van der Waals surface area (Å²) in [6.07, 6.45) is 3.70. The highest BCUT2D eigenvalue weighted by Gasteiger charge is 2.18. The zero-order chi connectivity index (χ0) is 16.9. The van der Waals surface area contributed by atoms with Gasteiger partial charge >= 0.3 is 0 Å². The van der Waals surface area contributed by atoms with Crippen molar-refractivity contribution in [3.8, 4) is 5.75 Å². The highest BCUT2D eigenvalue weighted by molar-refractivity contribution is 5.94. The van der Waals surface area contributed by atoms with Gasteiger partial charge in [0, 0.05) is 24.7 Å². The van der Waals surface area contributed by atoms with Crippen LogP contribution >= 0.6 is 0 Å². The molecule has 3 rings (SSSR count). The summed E-state index contributed by atoms with van der Waals surface area (Å²) in [5.74, 6) is 0.599. The molecular weight excluding hydrogens is 306 g/mol.